The van der Waals surface area contributed by atoms with Crippen molar-refractivity contribution in [1.82, 2.24) is 4.98 Å². The fourth-order valence-corrected chi connectivity index (χ4v) is 1.74. The number of rotatable bonds is 1. The Morgan fingerprint density at radius 3 is 2.72 bits per heavy atom. The van der Waals surface area contributed by atoms with Gasteiger partial charge in [0.05, 0.1) is 16.7 Å². The van der Waals surface area contributed by atoms with Crippen LogP contribution in [0, 0.1) is 0 Å². The van der Waals surface area contributed by atoms with E-state index < -0.39 is 0 Å². The quantitative estimate of drug-likeness (QED) is 0.597. The molecule has 0 aliphatic carbocycles. The van der Waals surface area contributed by atoms with Gasteiger partial charge in [0.15, 0.2) is 5.96 Å². The van der Waals surface area contributed by atoms with Crippen LogP contribution in [0.1, 0.15) is 20.8 Å². The van der Waals surface area contributed by atoms with Crippen LogP contribution in [0.25, 0.3) is 10.9 Å². The Morgan fingerprint density at radius 2 is 2.00 bits per heavy atom. The molecular weight excluding hydrogens is 224 g/mol. The van der Waals surface area contributed by atoms with Gasteiger partial charge in [-0.2, -0.15) is 0 Å². The lowest BCUT2D eigenvalue weighted by atomic mass is 10.1. The van der Waals surface area contributed by atoms with Crippen LogP contribution >= 0.6 is 0 Å². The summed E-state index contributed by atoms with van der Waals surface area (Å²) >= 11 is 0. The molecular formula is C14H18N4. The molecule has 1 aromatic heterocycles. The molecule has 4 nitrogen and oxygen atoms in total. The number of nitrogens with zero attached hydrogens (tertiary/aromatic N) is 2. The van der Waals surface area contributed by atoms with E-state index in [4.69, 9.17) is 5.73 Å². The van der Waals surface area contributed by atoms with Crippen molar-refractivity contribution in [3.8, 4) is 0 Å². The molecule has 0 aliphatic rings. The van der Waals surface area contributed by atoms with E-state index in [-0.39, 0.29) is 5.54 Å². The number of nitrogens with two attached hydrogens (primary N) is 1. The zero-order valence-corrected chi connectivity index (χ0v) is 10.9. The molecule has 0 atom stereocenters. The first kappa shape index (κ1) is 12.4. The van der Waals surface area contributed by atoms with E-state index in [9.17, 15) is 0 Å². The summed E-state index contributed by atoms with van der Waals surface area (Å²) in [5.41, 5.74) is 7.57. The van der Waals surface area contributed by atoms with Crippen LogP contribution in [-0.2, 0) is 0 Å². The van der Waals surface area contributed by atoms with Crippen LogP contribution in [0.15, 0.2) is 41.5 Å². The van der Waals surface area contributed by atoms with Crippen LogP contribution in [0.2, 0.25) is 0 Å². The second-order valence-corrected chi connectivity index (χ2v) is 5.17. The van der Waals surface area contributed by atoms with Gasteiger partial charge in [0, 0.05) is 11.6 Å². The summed E-state index contributed by atoms with van der Waals surface area (Å²) in [5.74, 6) is 0.416. The van der Waals surface area contributed by atoms with Crippen molar-refractivity contribution in [2.45, 2.75) is 26.3 Å². The number of guanidine groups is 1. The van der Waals surface area contributed by atoms with Gasteiger partial charge >= 0.3 is 0 Å². The smallest absolute Gasteiger partial charge is 0.193 e. The number of anilines is 1. The minimum Gasteiger partial charge on any atom is -0.370 e. The van der Waals surface area contributed by atoms with Gasteiger partial charge in [-0.25, -0.2) is 4.99 Å². The van der Waals surface area contributed by atoms with Gasteiger partial charge in [-0.15, -0.1) is 0 Å². The molecule has 2 aromatic rings. The first-order valence-electron chi connectivity index (χ1n) is 5.92. The van der Waals surface area contributed by atoms with E-state index in [1.165, 1.54) is 0 Å². The van der Waals surface area contributed by atoms with Gasteiger partial charge in [0.1, 0.15) is 0 Å². The molecule has 18 heavy (non-hydrogen) atoms. The number of benzene rings is 1. The third-order valence-corrected chi connectivity index (χ3v) is 2.36. The highest BCUT2D eigenvalue weighted by Gasteiger charge is 2.09. The average Bonchev–Trinajstić information content (AvgIpc) is 2.27. The normalized spacial score (nSPS) is 12.7. The summed E-state index contributed by atoms with van der Waals surface area (Å²) in [7, 11) is 0. The van der Waals surface area contributed by atoms with E-state index in [2.05, 4.69) is 15.3 Å². The summed E-state index contributed by atoms with van der Waals surface area (Å²) in [5, 5.41) is 4.16. The van der Waals surface area contributed by atoms with E-state index in [0.29, 0.717) is 5.96 Å². The Kier molecular flexibility index (Phi) is 3.19. The third-order valence-electron chi connectivity index (χ3n) is 2.36. The van der Waals surface area contributed by atoms with Crippen LogP contribution in [-0.4, -0.2) is 16.5 Å². The number of hydrogen-bond acceptors (Lipinski definition) is 2. The van der Waals surface area contributed by atoms with Crippen molar-refractivity contribution in [1.29, 1.82) is 0 Å². The van der Waals surface area contributed by atoms with Crippen LogP contribution in [0.4, 0.5) is 5.69 Å². The van der Waals surface area contributed by atoms with Crippen LogP contribution in [0.5, 0.6) is 0 Å². The third kappa shape index (κ3) is 2.97. The Labute approximate surface area is 107 Å². The van der Waals surface area contributed by atoms with Gasteiger partial charge in [0.2, 0.25) is 0 Å². The molecule has 0 radical (unpaired) electrons. The summed E-state index contributed by atoms with van der Waals surface area (Å²) in [6.45, 7) is 6.02. The molecule has 0 fully saturated rings. The second-order valence-electron chi connectivity index (χ2n) is 5.17. The van der Waals surface area contributed by atoms with E-state index >= 15 is 0 Å². The minimum absolute atomic E-state index is 0.195. The van der Waals surface area contributed by atoms with Gasteiger partial charge in [-0.1, -0.05) is 6.07 Å². The molecule has 94 valence electrons. The Bertz CT molecular complexity index is 576. The number of fused-ring (bicyclic) bond motifs is 1. The molecule has 0 amide bonds. The molecule has 0 bridgehead atoms. The van der Waals surface area contributed by atoms with Crippen LogP contribution < -0.4 is 11.1 Å². The van der Waals surface area contributed by atoms with Crippen molar-refractivity contribution in [2.75, 3.05) is 5.32 Å². The van der Waals surface area contributed by atoms with Gasteiger partial charge in [0.25, 0.3) is 0 Å². The second kappa shape index (κ2) is 4.64. The molecule has 1 heterocycles. The standard InChI is InChI=1S/C14H18N4/c1-14(2,3)18-13(15)17-12-8-4-7-11-10(12)6-5-9-16-11/h4-9H,1-3H3,(H3,15,17,18). The lowest BCUT2D eigenvalue weighted by Gasteiger charge is -2.15. The first-order chi connectivity index (χ1) is 8.46. The molecule has 0 saturated heterocycles. The lowest BCUT2D eigenvalue weighted by molar-refractivity contribution is 0.583. The van der Waals surface area contributed by atoms with Crippen molar-refractivity contribution < 1.29 is 0 Å². The topological polar surface area (TPSA) is 63.3 Å². The van der Waals surface area contributed by atoms with Gasteiger partial charge in [-0.3, -0.25) is 4.98 Å². The zero-order chi connectivity index (χ0) is 13.2. The maximum absolute atomic E-state index is 5.90. The monoisotopic (exact) mass is 242 g/mol. The summed E-state index contributed by atoms with van der Waals surface area (Å²) in [6.07, 6.45) is 1.78. The minimum atomic E-state index is -0.195. The van der Waals surface area contributed by atoms with E-state index in [0.717, 1.165) is 16.6 Å². The predicted molar refractivity (Wildman–Crippen MR) is 76.7 cm³/mol. The number of aliphatic imine (C=N–C) groups is 1. The highest BCUT2D eigenvalue weighted by atomic mass is 15.1. The van der Waals surface area contributed by atoms with E-state index in [1.54, 1.807) is 6.20 Å². The zero-order valence-electron chi connectivity index (χ0n) is 10.9. The summed E-state index contributed by atoms with van der Waals surface area (Å²) < 4.78 is 0. The fourth-order valence-electron chi connectivity index (χ4n) is 1.74. The molecule has 0 unspecified atom stereocenters. The van der Waals surface area contributed by atoms with Crippen molar-refractivity contribution >= 4 is 22.5 Å². The molecule has 4 heteroatoms. The Balaban J connectivity index is 2.35. The lowest BCUT2D eigenvalue weighted by Crippen LogP contribution is -2.27. The summed E-state index contributed by atoms with van der Waals surface area (Å²) in [4.78, 5) is 8.68. The molecule has 0 spiro atoms. The molecule has 0 saturated carbocycles. The van der Waals surface area contributed by atoms with E-state index in [1.807, 2.05) is 51.1 Å². The average molecular weight is 242 g/mol. The van der Waals surface area contributed by atoms with Crippen molar-refractivity contribution in [3.63, 3.8) is 0 Å². The highest BCUT2D eigenvalue weighted by Crippen LogP contribution is 2.21. The summed E-state index contributed by atoms with van der Waals surface area (Å²) in [6, 6.07) is 9.80. The van der Waals surface area contributed by atoms with Crippen molar-refractivity contribution in [3.05, 3.63) is 36.5 Å². The fraction of sp³-hybridized carbons (Fsp3) is 0.286. The Morgan fingerprint density at radius 1 is 1.22 bits per heavy atom. The molecule has 2 rings (SSSR count). The Hall–Kier alpha value is -2.10. The maximum Gasteiger partial charge on any atom is 0.193 e. The molecule has 1 aromatic carbocycles. The number of aromatic nitrogens is 1. The predicted octanol–water partition coefficient (Wildman–Crippen LogP) is 2.76. The van der Waals surface area contributed by atoms with Crippen molar-refractivity contribution in [2.24, 2.45) is 10.7 Å². The van der Waals surface area contributed by atoms with Gasteiger partial charge in [-0.05, 0) is 45.0 Å². The SMILES string of the molecule is CC(C)(C)N=C(N)Nc1cccc2ncccc12. The van der Waals surface area contributed by atoms with Crippen LogP contribution in [0.3, 0.4) is 0 Å². The maximum atomic E-state index is 5.90. The number of pyridine rings is 1. The number of nitrogens with one attached hydrogen (secondary N) is 1. The largest absolute Gasteiger partial charge is 0.370 e. The highest BCUT2D eigenvalue weighted by molar-refractivity contribution is 6.01. The molecule has 0 aliphatic heterocycles. The first-order valence-corrected chi connectivity index (χ1v) is 5.92. The van der Waals surface area contributed by atoms with Gasteiger partial charge < -0.3 is 11.1 Å². The number of hydrogen-bond donors (Lipinski definition) is 2. The molecule has 3 N–H and O–H groups in total.